The van der Waals surface area contributed by atoms with Crippen LogP contribution in [0.1, 0.15) is 43.4 Å². The molecule has 0 heterocycles. The lowest BCUT2D eigenvalue weighted by atomic mass is 9.90. The van der Waals surface area contributed by atoms with Gasteiger partial charge in [-0.3, -0.25) is 4.79 Å². The average molecular weight is 268 g/mol. The van der Waals surface area contributed by atoms with Gasteiger partial charge in [-0.05, 0) is 30.5 Å². The Morgan fingerprint density at radius 3 is 2.68 bits per heavy atom. The van der Waals surface area contributed by atoms with Gasteiger partial charge in [-0.25, -0.2) is 4.39 Å². The van der Waals surface area contributed by atoms with Gasteiger partial charge < -0.3 is 9.84 Å². The molecule has 0 amide bonds. The third-order valence-electron chi connectivity index (χ3n) is 3.28. The van der Waals surface area contributed by atoms with Crippen molar-refractivity contribution in [2.75, 3.05) is 7.11 Å². The molecule has 0 saturated heterocycles. The maximum Gasteiger partial charge on any atom is 0.311 e. The first-order chi connectivity index (χ1) is 9.01. The Morgan fingerprint density at radius 1 is 1.47 bits per heavy atom. The molecule has 1 aromatic carbocycles. The Labute approximate surface area is 113 Å². The van der Waals surface area contributed by atoms with E-state index in [9.17, 15) is 14.3 Å². The van der Waals surface area contributed by atoms with E-state index in [1.54, 1.807) is 13.0 Å². The molecule has 0 spiro atoms. The van der Waals surface area contributed by atoms with Crippen molar-refractivity contribution in [3.05, 3.63) is 35.1 Å². The highest BCUT2D eigenvalue weighted by molar-refractivity contribution is 5.73. The number of aliphatic hydroxyl groups excluding tert-OH is 1. The molecule has 1 N–H and O–H groups in total. The van der Waals surface area contributed by atoms with E-state index in [1.165, 1.54) is 19.2 Å². The number of halogens is 1. The van der Waals surface area contributed by atoms with Gasteiger partial charge in [-0.15, -0.1) is 0 Å². The lowest BCUT2D eigenvalue weighted by Crippen LogP contribution is -2.23. The number of carbonyl (C=O) groups is 1. The van der Waals surface area contributed by atoms with Crippen LogP contribution in [-0.4, -0.2) is 18.2 Å². The van der Waals surface area contributed by atoms with E-state index in [2.05, 4.69) is 0 Å². The Hall–Kier alpha value is -1.42. The summed E-state index contributed by atoms with van der Waals surface area (Å²) in [7, 11) is 1.31. The summed E-state index contributed by atoms with van der Waals surface area (Å²) in [4.78, 5) is 11.7. The van der Waals surface area contributed by atoms with Crippen LogP contribution in [0.3, 0.4) is 0 Å². The van der Waals surface area contributed by atoms with Crippen LogP contribution in [0.25, 0.3) is 0 Å². The second kappa shape index (κ2) is 7.24. The summed E-state index contributed by atoms with van der Waals surface area (Å²) in [6.07, 6.45) is 1.36. The number of unbranched alkanes of at least 4 members (excludes halogenated alkanes) is 1. The molecule has 0 aliphatic heterocycles. The van der Waals surface area contributed by atoms with E-state index in [0.29, 0.717) is 17.5 Å². The van der Waals surface area contributed by atoms with Crippen molar-refractivity contribution in [2.45, 2.75) is 39.2 Å². The standard InChI is InChI=1S/C15H21FO3/c1-4-5-6-12(15(18)19-3)14(17)11-7-8-13(16)10(2)9-11/h7-9,12,14,17H,4-6H2,1-3H3. The predicted molar refractivity (Wildman–Crippen MR) is 71.1 cm³/mol. The summed E-state index contributed by atoms with van der Waals surface area (Å²) in [5, 5.41) is 10.3. The first-order valence-electron chi connectivity index (χ1n) is 6.53. The highest BCUT2D eigenvalue weighted by Gasteiger charge is 2.28. The minimum Gasteiger partial charge on any atom is -0.469 e. The van der Waals surface area contributed by atoms with E-state index in [-0.39, 0.29) is 5.82 Å². The molecule has 0 aliphatic rings. The van der Waals surface area contributed by atoms with Crippen LogP contribution in [0.2, 0.25) is 0 Å². The topological polar surface area (TPSA) is 46.5 Å². The predicted octanol–water partition coefficient (Wildman–Crippen LogP) is 3.15. The van der Waals surface area contributed by atoms with Crippen LogP contribution in [0.15, 0.2) is 18.2 Å². The van der Waals surface area contributed by atoms with Gasteiger partial charge in [0.1, 0.15) is 5.82 Å². The molecule has 19 heavy (non-hydrogen) atoms. The minimum absolute atomic E-state index is 0.320. The lowest BCUT2D eigenvalue weighted by Gasteiger charge is -2.21. The monoisotopic (exact) mass is 268 g/mol. The molecule has 1 aromatic rings. The second-order valence-electron chi connectivity index (χ2n) is 4.73. The summed E-state index contributed by atoms with van der Waals surface area (Å²) in [6.45, 7) is 3.65. The molecular weight excluding hydrogens is 247 g/mol. The number of esters is 1. The summed E-state index contributed by atoms with van der Waals surface area (Å²) in [5.74, 6) is -1.35. The summed E-state index contributed by atoms with van der Waals surface area (Å²) in [5.41, 5.74) is 1.00. The zero-order valence-electron chi connectivity index (χ0n) is 11.6. The van der Waals surface area contributed by atoms with E-state index >= 15 is 0 Å². The maximum atomic E-state index is 13.2. The molecule has 0 aromatic heterocycles. The molecule has 2 unspecified atom stereocenters. The largest absolute Gasteiger partial charge is 0.469 e. The smallest absolute Gasteiger partial charge is 0.311 e. The molecule has 0 aliphatic carbocycles. The van der Waals surface area contributed by atoms with Crippen LogP contribution in [0.5, 0.6) is 0 Å². The Balaban J connectivity index is 2.93. The van der Waals surface area contributed by atoms with Crippen molar-refractivity contribution < 1.29 is 19.0 Å². The van der Waals surface area contributed by atoms with Crippen LogP contribution >= 0.6 is 0 Å². The molecule has 1 rings (SSSR count). The fourth-order valence-corrected chi connectivity index (χ4v) is 2.06. The number of rotatable bonds is 6. The molecule has 0 radical (unpaired) electrons. The van der Waals surface area contributed by atoms with Crippen LogP contribution in [0, 0.1) is 18.7 Å². The number of aryl methyl sites for hydroxylation is 1. The minimum atomic E-state index is -0.960. The van der Waals surface area contributed by atoms with E-state index in [1.807, 2.05) is 6.92 Å². The first kappa shape index (κ1) is 15.6. The van der Waals surface area contributed by atoms with Gasteiger partial charge in [-0.2, -0.15) is 0 Å². The number of methoxy groups -OCH3 is 1. The zero-order valence-corrected chi connectivity index (χ0v) is 11.6. The molecule has 3 nitrogen and oxygen atoms in total. The summed E-state index contributed by atoms with van der Waals surface area (Å²) < 4.78 is 18.0. The van der Waals surface area contributed by atoms with Crippen molar-refractivity contribution in [3.8, 4) is 0 Å². The molecule has 2 atom stereocenters. The van der Waals surface area contributed by atoms with Gasteiger partial charge >= 0.3 is 5.97 Å². The van der Waals surface area contributed by atoms with Crippen LogP contribution in [-0.2, 0) is 9.53 Å². The summed E-state index contributed by atoms with van der Waals surface area (Å²) in [6, 6.07) is 4.39. The number of aliphatic hydroxyl groups is 1. The molecule has 106 valence electrons. The summed E-state index contributed by atoms with van der Waals surface area (Å²) >= 11 is 0. The van der Waals surface area contributed by atoms with Gasteiger partial charge in [0.25, 0.3) is 0 Å². The average Bonchev–Trinajstić information content (AvgIpc) is 2.41. The fourth-order valence-electron chi connectivity index (χ4n) is 2.06. The van der Waals surface area contributed by atoms with Crippen molar-refractivity contribution in [1.29, 1.82) is 0 Å². The molecule has 0 saturated carbocycles. The third kappa shape index (κ3) is 4.03. The number of hydrogen-bond acceptors (Lipinski definition) is 3. The van der Waals surface area contributed by atoms with Gasteiger partial charge in [0, 0.05) is 0 Å². The van der Waals surface area contributed by atoms with Crippen molar-refractivity contribution in [2.24, 2.45) is 5.92 Å². The highest BCUT2D eigenvalue weighted by atomic mass is 19.1. The van der Waals surface area contributed by atoms with Crippen molar-refractivity contribution in [3.63, 3.8) is 0 Å². The molecular formula is C15H21FO3. The van der Waals surface area contributed by atoms with E-state index in [0.717, 1.165) is 12.8 Å². The van der Waals surface area contributed by atoms with Gasteiger partial charge in [0.15, 0.2) is 0 Å². The Bertz CT molecular complexity index is 431. The highest BCUT2D eigenvalue weighted by Crippen LogP contribution is 2.28. The van der Waals surface area contributed by atoms with E-state index < -0.39 is 18.0 Å². The van der Waals surface area contributed by atoms with Gasteiger partial charge in [-0.1, -0.05) is 31.9 Å². The van der Waals surface area contributed by atoms with Crippen molar-refractivity contribution in [1.82, 2.24) is 0 Å². The normalized spacial score (nSPS) is 13.9. The number of benzene rings is 1. The molecule has 0 fully saturated rings. The Morgan fingerprint density at radius 2 is 2.16 bits per heavy atom. The zero-order chi connectivity index (χ0) is 14.4. The maximum absolute atomic E-state index is 13.2. The van der Waals surface area contributed by atoms with E-state index in [4.69, 9.17) is 4.74 Å². The number of carbonyl (C=O) groups excluding carboxylic acids is 1. The SMILES string of the molecule is CCCCC(C(=O)OC)C(O)c1ccc(F)c(C)c1. The number of hydrogen-bond donors (Lipinski definition) is 1. The quantitative estimate of drug-likeness (QED) is 0.806. The third-order valence-corrected chi connectivity index (χ3v) is 3.28. The molecule has 4 heteroatoms. The fraction of sp³-hybridized carbons (Fsp3) is 0.533. The molecule has 0 bridgehead atoms. The second-order valence-corrected chi connectivity index (χ2v) is 4.73. The van der Waals surface area contributed by atoms with Gasteiger partial charge in [0.2, 0.25) is 0 Å². The van der Waals surface area contributed by atoms with Gasteiger partial charge in [0.05, 0.1) is 19.1 Å². The number of ether oxygens (including phenoxy) is 1. The van der Waals surface area contributed by atoms with Crippen LogP contribution in [0.4, 0.5) is 4.39 Å². The first-order valence-corrected chi connectivity index (χ1v) is 6.53. The van der Waals surface area contributed by atoms with Crippen LogP contribution < -0.4 is 0 Å². The van der Waals surface area contributed by atoms with Crippen molar-refractivity contribution >= 4 is 5.97 Å². The Kier molecular flexibility index (Phi) is 5.96. The lowest BCUT2D eigenvalue weighted by molar-refractivity contribution is -0.150.